The van der Waals surface area contributed by atoms with Crippen molar-refractivity contribution in [2.24, 2.45) is 10.9 Å². The normalized spacial score (nSPS) is 17.8. The lowest BCUT2D eigenvalue weighted by Crippen LogP contribution is -2.46. The summed E-state index contributed by atoms with van der Waals surface area (Å²) >= 11 is 0. The van der Waals surface area contributed by atoms with Crippen LogP contribution < -0.4 is 10.2 Å². The molecule has 2 aliphatic heterocycles. The quantitative estimate of drug-likeness (QED) is 0.308. The van der Waals surface area contributed by atoms with Crippen molar-refractivity contribution in [3.05, 3.63) is 29.3 Å². The van der Waals surface area contributed by atoms with E-state index in [1.165, 1.54) is 30.3 Å². The Morgan fingerprint density at radius 1 is 1.30 bits per heavy atom. The first-order chi connectivity index (χ1) is 12.6. The number of hydrogen-bond acceptors (Lipinski definition) is 4. The number of benzene rings is 1. The van der Waals surface area contributed by atoms with E-state index >= 15 is 0 Å². The molecule has 0 aromatic heterocycles. The molecule has 0 unspecified atom stereocenters. The summed E-state index contributed by atoms with van der Waals surface area (Å²) in [6.45, 7) is 3.56. The van der Waals surface area contributed by atoms with Crippen LogP contribution in [0, 0.1) is 5.92 Å². The van der Waals surface area contributed by atoms with Gasteiger partial charge in [-0.05, 0) is 42.9 Å². The number of aliphatic imine (C=N–C) groups is 1. The van der Waals surface area contributed by atoms with Crippen molar-refractivity contribution in [1.82, 2.24) is 10.2 Å². The van der Waals surface area contributed by atoms with Crippen molar-refractivity contribution in [2.75, 3.05) is 45.7 Å². The average molecular weight is 486 g/mol. The number of carbonyl (C=O) groups excluding carboxylic acids is 1. The van der Waals surface area contributed by atoms with Gasteiger partial charge in [0.15, 0.2) is 5.96 Å². The maximum absolute atomic E-state index is 11.7. The van der Waals surface area contributed by atoms with Gasteiger partial charge in [0.05, 0.1) is 13.0 Å². The molecule has 0 amide bonds. The Labute approximate surface area is 179 Å². The van der Waals surface area contributed by atoms with Crippen molar-refractivity contribution in [3.63, 3.8) is 0 Å². The third-order valence-electron chi connectivity index (χ3n) is 5.49. The molecular weight excluding hydrogens is 455 g/mol. The Bertz CT molecular complexity index is 672. The number of guanidine groups is 1. The van der Waals surface area contributed by atoms with E-state index in [9.17, 15) is 4.79 Å². The molecule has 2 heterocycles. The van der Waals surface area contributed by atoms with Gasteiger partial charge in [-0.25, -0.2) is 0 Å². The van der Waals surface area contributed by atoms with Crippen LogP contribution in [0.3, 0.4) is 0 Å². The SMILES string of the molecule is CN=C(NCc1ccc2c(c1)CCCN2C)N1CCC(C(=O)OC)CC1.I. The summed E-state index contributed by atoms with van der Waals surface area (Å²) in [6.07, 6.45) is 4.01. The van der Waals surface area contributed by atoms with Crippen LogP contribution in [0.5, 0.6) is 0 Å². The van der Waals surface area contributed by atoms with E-state index in [4.69, 9.17) is 4.74 Å². The molecule has 0 saturated carbocycles. The lowest BCUT2D eigenvalue weighted by molar-refractivity contribution is -0.146. The second kappa shape index (κ2) is 10.1. The number of halogens is 1. The van der Waals surface area contributed by atoms with Crippen LogP contribution in [-0.4, -0.2) is 57.7 Å². The fourth-order valence-electron chi connectivity index (χ4n) is 3.96. The third kappa shape index (κ3) is 5.27. The summed E-state index contributed by atoms with van der Waals surface area (Å²) in [5.74, 6) is 0.835. The van der Waals surface area contributed by atoms with Gasteiger partial charge < -0.3 is 19.9 Å². The fraction of sp³-hybridized carbons (Fsp3) is 0.600. The van der Waals surface area contributed by atoms with E-state index in [1.54, 1.807) is 0 Å². The maximum Gasteiger partial charge on any atom is 0.308 e. The van der Waals surface area contributed by atoms with Gasteiger partial charge in [-0.3, -0.25) is 9.79 Å². The molecule has 2 aliphatic rings. The van der Waals surface area contributed by atoms with Gasteiger partial charge in [0, 0.05) is 46.0 Å². The summed E-state index contributed by atoms with van der Waals surface area (Å²) in [7, 11) is 5.44. The zero-order chi connectivity index (χ0) is 18.5. The number of fused-ring (bicyclic) bond motifs is 1. The predicted molar refractivity (Wildman–Crippen MR) is 120 cm³/mol. The first-order valence-electron chi connectivity index (χ1n) is 9.48. The molecule has 0 bridgehead atoms. The summed E-state index contributed by atoms with van der Waals surface area (Å²) < 4.78 is 4.86. The van der Waals surface area contributed by atoms with E-state index in [2.05, 4.69) is 45.4 Å². The Morgan fingerprint density at radius 3 is 2.70 bits per heavy atom. The van der Waals surface area contributed by atoms with Gasteiger partial charge in [0.1, 0.15) is 0 Å². The fourth-order valence-corrected chi connectivity index (χ4v) is 3.96. The second-order valence-corrected chi connectivity index (χ2v) is 7.17. The highest BCUT2D eigenvalue weighted by Crippen LogP contribution is 2.26. The van der Waals surface area contributed by atoms with Crippen molar-refractivity contribution in [3.8, 4) is 0 Å². The second-order valence-electron chi connectivity index (χ2n) is 7.17. The highest BCUT2D eigenvalue weighted by molar-refractivity contribution is 14.0. The molecule has 1 fully saturated rings. The van der Waals surface area contributed by atoms with Crippen LogP contribution in [0.4, 0.5) is 5.69 Å². The monoisotopic (exact) mass is 486 g/mol. The topological polar surface area (TPSA) is 57.2 Å². The van der Waals surface area contributed by atoms with Gasteiger partial charge in [0.25, 0.3) is 0 Å². The van der Waals surface area contributed by atoms with Crippen LogP contribution in [0.1, 0.15) is 30.4 Å². The van der Waals surface area contributed by atoms with Crippen molar-refractivity contribution in [1.29, 1.82) is 0 Å². The van der Waals surface area contributed by atoms with E-state index in [1.807, 2.05) is 7.05 Å². The van der Waals surface area contributed by atoms with E-state index < -0.39 is 0 Å². The van der Waals surface area contributed by atoms with E-state index in [0.717, 1.165) is 51.4 Å². The molecule has 1 N–H and O–H groups in total. The largest absolute Gasteiger partial charge is 0.469 e. The number of nitrogens with one attached hydrogen (secondary N) is 1. The third-order valence-corrected chi connectivity index (χ3v) is 5.49. The van der Waals surface area contributed by atoms with Crippen molar-refractivity contribution in [2.45, 2.75) is 32.2 Å². The molecular formula is C20H31IN4O2. The number of nitrogens with zero attached hydrogens (tertiary/aromatic N) is 3. The lowest BCUT2D eigenvalue weighted by Gasteiger charge is -2.33. The zero-order valence-electron chi connectivity index (χ0n) is 16.5. The first kappa shape index (κ1) is 21.8. The summed E-state index contributed by atoms with van der Waals surface area (Å²) in [5.41, 5.74) is 4.07. The summed E-state index contributed by atoms with van der Waals surface area (Å²) in [5, 5.41) is 3.48. The maximum atomic E-state index is 11.7. The molecule has 0 aliphatic carbocycles. The average Bonchev–Trinajstić information content (AvgIpc) is 2.68. The number of aryl methyl sites for hydroxylation is 1. The standard InChI is InChI=1S/C20H30N4O2.HI/c1-21-20(24-11-8-16(9-12-24)19(25)26-3)22-14-15-6-7-18-17(13-15)5-4-10-23(18)2;/h6-7,13,16H,4-5,8-12,14H2,1-3H3,(H,21,22);1H. The minimum absolute atomic E-state index is 0. The number of hydrogen-bond donors (Lipinski definition) is 1. The molecule has 6 nitrogen and oxygen atoms in total. The highest BCUT2D eigenvalue weighted by Gasteiger charge is 2.27. The van der Waals surface area contributed by atoms with E-state index in [0.29, 0.717) is 0 Å². The first-order valence-corrected chi connectivity index (χ1v) is 9.48. The van der Waals surface area contributed by atoms with Crippen LogP contribution >= 0.6 is 24.0 Å². The smallest absolute Gasteiger partial charge is 0.308 e. The molecule has 1 aromatic rings. The Balaban J connectivity index is 0.00000261. The van der Waals surface area contributed by atoms with Crippen LogP contribution in [-0.2, 0) is 22.5 Å². The zero-order valence-corrected chi connectivity index (χ0v) is 18.9. The lowest BCUT2D eigenvalue weighted by atomic mass is 9.97. The Morgan fingerprint density at radius 2 is 2.04 bits per heavy atom. The van der Waals surface area contributed by atoms with Gasteiger partial charge in [0.2, 0.25) is 0 Å². The highest BCUT2D eigenvalue weighted by atomic mass is 127. The summed E-state index contributed by atoms with van der Waals surface area (Å²) in [4.78, 5) is 20.7. The van der Waals surface area contributed by atoms with Crippen LogP contribution in [0.25, 0.3) is 0 Å². The molecule has 0 radical (unpaired) electrons. The van der Waals surface area contributed by atoms with Gasteiger partial charge in [-0.2, -0.15) is 0 Å². The van der Waals surface area contributed by atoms with Crippen LogP contribution in [0.15, 0.2) is 23.2 Å². The van der Waals surface area contributed by atoms with Gasteiger partial charge >= 0.3 is 5.97 Å². The predicted octanol–water partition coefficient (Wildman–Crippen LogP) is 2.65. The number of anilines is 1. The summed E-state index contributed by atoms with van der Waals surface area (Å²) in [6, 6.07) is 6.75. The number of rotatable bonds is 3. The molecule has 1 saturated heterocycles. The van der Waals surface area contributed by atoms with Gasteiger partial charge in [-0.1, -0.05) is 12.1 Å². The molecule has 1 aromatic carbocycles. The van der Waals surface area contributed by atoms with Gasteiger partial charge in [-0.15, -0.1) is 24.0 Å². The molecule has 150 valence electrons. The number of piperidine rings is 1. The number of methoxy groups -OCH3 is 1. The molecule has 3 rings (SSSR count). The number of likely N-dealkylation sites (tertiary alicyclic amines) is 1. The number of carbonyl (C=O) groups is 1. The number of ether oxygens (including phenoxy) is 1. The molecule has 0 atom stereocenters. The van der Waals surface area contributed by atoms with Crippen LogP contribution in [0.2, 0.25) is 0 Å². The molecule has 0 spiro atoms. The van der Waals surface area contributed by atoms with Crippen molar-refractivity contribution >= 4 is 41.6 Å². The Kier molecular flexibility index (Phi) is 8.19. The number of esters is 1. The minimum Gasteiger partial charge on any atom is -0.469 e. The Hall–Kier alpha value is -1.51. The van der Waals surface area contributed by atoms with Crippen molar-refractivity contribution < 1.29 is 9.53 Å². The minimum atomic E-state index is -0.0911. The molecule has 27 heavy (non-hydrogen) atoms. The van der Waals surface area contributed by atoms with E-state index in [-0.39, 0.29) is 35.9 Å². The molecule has 7 heteroatoms.